The van der Waals surface area contributed by atoms with Crippen molar-refractivity contribution in [3.63, 3.8) is 0 Å². The Labute approximate surface area is 198 Å². The van der Waals surface area contributed by atoms with Crippen LogP contribution in [0.3, 0.4) is 0 Å². The molecule has 1 fully saturated rings. The smallest absolute Gasteiger partial charge is 0.321 e. The highest BCUT2D eigenvalue weighted by atomic mass is 16.5. The molecule has 5 N–H and O–H groups in total. The molecule has 34 heavy (non-hydrogen) atoms. The zero-order chi connectivity index (χ0) is 25.1. The molecule has 1 aromatic carbocycles. The largest absolute Gasteiger partial charge is 0.465 e. The van der Waals surface area contributed by atoms with Gasteiger partial charge in [-0.05, 0) is 50.3 Å². The molecule has 1 aromatic rings. The molecule has 1 saturated carbocycles. The van der Waals surface area contributed by atoms with Crippen molar-refractivity contribution >= 4 is 35.5 Å². The predicted octanol–water partition coefficient (Wildman–Crippen LogP) is 1.35. The average molecular weight is 477 g/mol. The van der Waals surface area contributed by atoms with Crippen LogP contribution in [0.1, 0.15) is 51.5 Å². The lowest BCUT2D eigenvalue weighted by molar-refractivity contribution is -0.167. The zero-order valence-corrected chi connectivity index (χ0v) is 19.5. The Morgan fingerprint density at radius 2 is 1.76 bits per heavy atom. The van der Waals surface area contributed by atoms with Crippen LogP contribution in [-0.2, 0) is 35.3 Å². The van der Waals surface area contributed by atoms with Crippen molar-refractivity contribution in [2.45, 2.75) is 58.6 Å². The molecule has 0 unspecified atom stereocenters. The maximum absolute atomic E-state index is 13.0. The maximum Gasteiger partial charge on any atom is 0.321 e. The summed E-state index contributed by atoms with van der Waals surface area (Å²) in [4.78, 5) is 60.3. The minimum Gasteiger partial charge on any atom is -0.465 e. The van der Waals surface area contributed by atoms with Gasteiger partial charge in [-0.1, -0.05) is 18.6 Å². The van der Waals surface area contributed by atoms with Crippen LogP contribution in [-0.4, -0.2) is 49.0 Å². The van der Waals surface area contributed by atoms with Crippen molar-refractivity contribution in [3.05, 3.63) is 29.8 Å². The van der Waals surface area contributed by atoms with Crippen LogP contribution in [0.5, 0.6) is 0 Å². The number of anilines is 1. The van der Waals surface area contributed by atoms with E-state index < -0.39 is 41.2 Å². The van der Waals surface area contributed by atoms with Crippen molar-refractivity contribution in [3.8, 4) is 0 Å². The van der Waals surface area contributed by atoms with Crippen LogP contribution in [0.15, 0.2) is 24.3 Å². The highest BCUT2D eigenvalue weighted by Crippen LogP contribution is 2.42. The molecule has 0 heterocycles. The van der Waals surface area contributed by atoms with Gasteiger partial charge in [0.25, 0.3) is 0 Å². The van der Waals surface area contributed by atoms with E-state index in [1.54, 1.807) is 31.2 Å². The van der Waals surface area contributed by atoms with Gasteiger partial charge < -0.3 is 31.2 Å². The number of urea groups is 1. The van der Waals surface area contributed by atoms with Crippen LogP contribution < -0.4 is 21.7 Å². The Morgan fingerprint density at radius 1 is 1.09 bits per heavy atom. The number of nitrogens with two attached hydrogens (primary N) is 1. The molecular weight excluding hydrogens is 444 g/mol. The standard InChI is InChI=1S/C23H32N4O7/c1-3-33-21(31)23(11-5-12-23)20(30)27-18(6-4-13-25-22(24)32)19(29)26-17-9-7-16(8-10-17)14-34-15(2)28/h7-10,18H,3-6,11-14H2,1-2H3,(H,26,29)(H,27,30)(H3,24,25,32)/t18-/m0/s1. The lowest BCUT2D eigenvalue weighted by Gasteiger charge is -2.38. The summed E-state index contributed by atoms with van der Waals surface area (Å²) in [5.41, 5.74) is 5.02. The van der Waals surface area contributed by atoms with Gasteiger partial charge in [0.2, 0.25) is 11.8 Å². The number of rotatable bonds is 12. The summed E-state index contributed by atoms with van der Waals surface area (Å²) in [5, 5.41) is 7.88. The number of primary amides is 1. The minimum absolute atomic E-state index is 0.116. The van der Waals surface area contributed by atoms with E-state index >= 15 is 0 Å². The molecule has 2 rings (SSSR count). The van der Waals surface area contributed by atoms with Crippen molar-refractivity contribution in [2.75, 3.05) is 18.5 Å². The minimum atomic E-state index is -1.28. The van der Waals surface area contributed by atoms with Crippen molar-refractivity contribution in [1.29, 1.82) is 0 Å². The first-order chi connectivity index (χ1) is 16.2. The number of hydrogen-bond acceptors (Lipinski definition) is 7. The van der Waals surface area contributed by atoms with Crippen LogP contribution in [0.25, 0.3) is 0 Å². The van der Waals surface area contributed by atoms with Gasteiger partial charge in [-0.15, -0.1) is 0 Å². The maximum atomic E-state index is 13.0. The first-order valence-electron chi connectivity index (χ1n) is 11.2. The van der Waals surface area contributed by atoms with Gasteiger partial charge in [0.1, 0.15) is 18.1 Å². The summed E-state index contributed by atoms with van der Waals surface area (Å²) in [6, 6.07) is 5.07. The third kappa shape index (κ3) is 7.46. The molecule has 0 bridgehead atoms. The zero-order valence-electron chi connectivity index (χ0n) is 19.5. The summed E-state index contributed by atoms with van der Waals surface area (Å²) in [7, 11) is 0. The van der Waals surface area contributed by atoms with E-state index in [1.807, 2.05) is 0 Å². The van der Waals surface area contributed by atoms with E-state index in [2.05, 4.69) is 16.0 Å². The second-order valence-corrected chi connectivity index (χ2v) is 8.08. The Hall–Kier alpha value is -3.63. The number of amides is 4. The van der Waals surface area contributed by atoms with E-state index in [-0.39, 0.29) is 26.2 Å². The Balaban J connectivity index is 2.07. The van der Waals surface area contributed by atoms with E-state index in [0.717, 1.165) is 5.56 Å². The molecule has 1 aliphatic carbocycles. The molecule has 0 spiro atoms. The van der Waals surface area contributed by atoms with E-state index in [1.165, 1.54) is 6.92 Å². The third-order valence-electron chi connectivity index (χ3n) is 5.56. The fourth-order valence-corrected chi connectivity index (χ4v) is 3.51. The average Bonchev–Trinajstić information content (AvgIpc) is 2.74. The molecule has 11 heteroatoms. The molecule has 11 nitrogen and oxygen atoms in total. The Bertz CT molecular complexity index is 897. The lowest BCUT2D eigenvalue weighted by Crippen LogP contribution is -2.56. The Morgan fingerprint density at radius 3 is 2.29 bits per heavy atom. The molecule has 0 aromatic heterocycles. The monoisotopic (exact) mass is 476 g/mol. The van der Waals surface area contributed by atoms with Gasteiger partial charge in [-0.25, -0.2) is 4.79 Å². The number of ether oxygens (including phenoxy) is 2. The lowest BCUT2D eigenvalue weighted by atomic mass is 9.68. The number of nitrogens with one attached hydrogen (secondary N) is 3. The van der Waals surface area contributed by atoms with Crippen LogP contribution in [0.4, 0.5) is 10.5 Å². The molecule has 1 aliphatic rings. The van der Waals surface area contributed by atoms with Gasteiger partial charge >= 0.3 is 18.0 Å². The van der Waals surface area contributed by atoms with Gasteiger partial charge in [-0.2, -0.15) is 0 Å². The SMILES string of the molecule is CCOC(=O)C1(C(=O)N[C@@H](CCCNC(N)=O)C(=O)Nc2ccc(COC(C)=O)cc2)CCC1. The molecule has 0 aliphatic heterocycles. The van der Waals surface area contributed by atoms with Gasteiger partial charge in [0.15, 0.2) is 0 Å². The van der Waals surface area contributed by atoms with Crippen LogP contribution >= 0.6 is 0 Å². The van der Waals surface area contributed by atoms with Gasteiger partial charge in [0.05, 0.1) is 6.61 Å². The van der Waals surface area contributed by atoms with Crippen molar-refractivity contribution in [2.24, 2.45) is 11.1 Å². The summed E-state index contributed by atoms with van der Waals surface area (Å²) in [6.07, 6.45) is 2.01. The number of carbonyl (C=O) groups is 5. The first kappa shape index (κ1) is 26.6. The highest BCUT2D eigenvalue weighted by molar-refractivity contribution is 6.06. The number of esters is 2. The normalized spacial score (nSPS) is 14.6. The molecular formula is C23H32N4O7. The molecule has 1 atom stereocenters. The van der Waals surface area contributed by atoms with Crippen LogP contribution in [0.2, 0.25) is 0 Å². The topological polar surface area (TPSA) is 166 Å². The molecule has 186 valence electrons. The fourth-order valence-electron chi connectivity index (χ4n) is 3.51. The predicted molar refractivity (Wildman–Crippen MR) is 122 cm³/mol. The molecule has 4 amide bonds. The van der Waals surface area contributed by atoms with E-state index in [4.69, 9.17) is 15.2 Å². The number of hydrogen-bond donors (Lipinski definition) is 4. The number of carbonyl (C=O) groups excluding carboxylic acids is 5. The third-order valence-corrected chi connectivity index (χ3v) is 5.56. The summed E-state index contributed by atoms with van der Waals surface area (Å²) in [5.74, 6) is -2.00. The quantitative estimate of drug-likeness (QED) is 0.201. The highest BCUT2D eigenvalue weighted by Gasteiger charge is 2.52. The molecule has 0 saturated heterocycles. The first-order valence-corrected chi connectivity index (χ1v) is 11.2. The second-order valence-electron chi connectivity index (χ2n) is 8.08. The summed E-state index contributed by atoms with van der Waals surface area (Å²) >= 11 is 0. The fraction of sp³-hybridized carbons (Fsp3) is 0.522. The van der Waals surface area contributed by atoms with Crippen LogP contribution in [0, 0.1) is 5.41 Å². The van der Waals surface area contributed by atoms with E-state index in [9.17, 15) is 24.0 Å². The van der Waals surface area contributed by atoms with Crippen molar-refractivity contribution in [1.82, 2.24) is 10.6 Å². The Kier molecular flexibility index (Phi) is 9.84. The van der Waals surface area contributed by atoms with Gasteiger partial charge in [0, 0.05) is 19.2 Å². The van der Waals surface area contributed by atoms with Crippen molar-refractivity contribution < 1.29 is 33.4 Å². The molecule has 0 radical (unpaired) electrons. The number of benzene rings is 1. The van der Waals surface area contributed by atoms with E-state index in [0.29, 0.717) is 31.4 Å². The second kappa shape index (κ2) is 12.6. The summed E-state index contributed by atoms with van der Waals surface area (Å²) in [6.45, 7) is 3.48. The van der Waals surface area contributed by atoms with Gasteiger partial charge in [-0.3, -0.25) is 19.2 Å². The summed E-state index contributed by atoms with van der Waals surface area (Å²) < 4.78 is 10.0.